The van der Waals surface area contributed by atoms with Crippen molar-refractivity contribution in [1.82, 2.24) is 0 Å². The molecule has 0 saturated carbocycles. The number of halogens is 21. The standard InChI is InChI=1S/C15H7F21O2/c1-3-4(2)5(37)38-15(35,36)13(30,31)11(26,27)9(22,23)7(18,19)6(16,17)8(20,21)10(24,25)12(28,29)14(32,33)34/h2-3H2,1H3. The van der Waals surface area contributed by atoms with Crippen LogP contribution in [0.2, 0.25) is 0 Å². The Morgan fingerprint density at radius 1 is 0.500 bits per heavy atom. The molecule has 23 heteroatoms. The maximum Gasteiger partial charge on any atom is 0.473 e. The van der Waals surface area contributed by atoms with Crippen LogP contribution in [0, 0.1) is 0 Å². The largest absolute Gasteiger partial charge is 0.473 e. The van der Waals surface area contributed by atoms with Gasteiger partial charge in [0.15, 0.2) is 0 Å². The van der Waals surface area contributed by atoms with Crippen molar-refractivity contribution in [2.24, 2.45) is 0 Å². The highest BCUT2D eigenvalue weighted by molar-refractivity contribution is 5.87. The van der Waals surface area contributed by atoms with E-state index in [1.54, 1.807) is 0 Å². The molecular formula is C15H7F21O2. The van der Waals surface area contributed by atoms with Gasteiger partial charge in [0.2, 0.25) is 0 Å². The number of esters is 1. The number of hydrogen-bond donors (Lipinski definition) is 0. The first-order chi connectivity index (χ1) is 16.1. The SMILES string of the molecule is C=C(CC)C(=O)OC(F)(F)C(F)(F)C(F)(F)C(F)(F)C(F)(F)C(F)(F)C(F)(F)C(F)(F)C(F)(F)C(F)(F)F. The minimum Gasteiger partial charge on any atom is -0.393 e. The predicted molar refractivity (Wildman–Crippen MR) is 76.1 cm³/mol. The fourth-order valence-corrected chi connectivity index (χ4v) is 1.94. The van der Waals surface area contributed by atoms with E-state index in [1.807, 2.05) is 0 Å². The van der Waals surface area contributed by atoms with Crippen molar-refractivity contribution in [3.63, 3.8) is 0 Å². The molecule has 0 unspecified atom stereocenters. The molecule has 0 aliphatic rings. The molecule has 0 aromatic rings. The van der Waals surface area contributed by atoms with Gasteiger partial charge in [0.1, 0.15) is 0 Å². The van der Waals surface area contributed by atoms with Crippen LogP contribution in [0.4, 0.5) is 92.2 Å². The molecule has 0 aliphatic heterocycles. The van der Waals surface area contributed by atoms with Crippen molar-refractivity contribution in [3.8, 4) is 0 Å². The maximum absolute atomic E-state index is 13.6. The van der Waals surface area contributed by atoms with Gasteiger partial charge < -0.3 is 4.74 Å². The zero-order chi connectivity index (χ0) is 31.6. The Kier molecular flexibility index (Phi) is 8.61. The number of carbonyl (C=O) groups is 1. The number of ether oxygens (including phenoxy) is 1. The smallest absolute Gasteiger partial charge is 0.393 e. The van der Waals surface area contributed by atoms with Gasteiger partial charge in [0.25, 0.3) is 0 Å². The molecule has 0 fully saturated rings. The molecule has 0 heterocycles. The van der Waals surface area contributed by atoms with E-state index in [4.69, 9.17) is 0 Å². The zero-order valence-electron chi connectivity index (χ0n) is 17.2. The third-order valence-corrected chi connectivity index (χ3v) is 4.42. The van der Waals surface area contributed by atoms with Crippen molar-refractivity contribution in [3.05, 3.63) is 12.2 Å². The van der Waals surface area contributed by atoms with Gasteiger partial charge in [-0.25, -0.2) is 4.79 Å². The van der Waals surface area contributed by atoms with Crippen molar-refractivity contribution < 1.29 is 102 Å². The summed E-state index contributed by atoms with van der Waals surface area (Å²) in [5.74, 6) is -74.2. The Hall–Kier alpha value is -2.26. The van der Waals surface area contributed by atoms with Crippen LogP contribution in [0.3, 0.4) is 0 Å². The van der Waals surface area contributed by atoms with E-state index in [9.17, 15) is 97.0 Å². The average Bonchev–Trinajstić information content (AvgIpc) is 2.70. The molecule has 0 amide bonds. The van der Waals surface area contributed by atoms with Crippen LogP contribution in [0.25, 0.3) is 0 Å². The summed E-state index contributed by atoms with van der Waals surface area (Å²) < 4.78 is 278. The van der Waals surface area contributed by atoms with E-state index < -0.39 is 77.6 Å². The molecule has 0 aromatic carbocycles. The minimum absolute atomic E-state index is 0.809. The summed E-state index contributed by atoms with van der Waals surface area (Å²) in [4.78, 5) is 11.0. The van der Waals surface area contributed by atoms with E-state index >= 15 is 0 Å². The molecule has 0 saturated heterocycles. The van der Waals surface area contributed by atoms with Gasteiger partial charge in [-0.05, 0) is 6.42 Å². The summed E-state index contributed by atoms with van der Waals surface area (Å²) in [6.07, 6.45) is -16.3. The molecule has 0 atom stereocenters. The molecule has 0 bridgehead atoms. The van der Waals surface area contributed by atoms with Crippen LogP contribution in [0.5, 0.6) is 0 Å². The number of rotatable bonds is 11. The van der Waals surface area contributed by atoms with Crippen molar-refractivity contribution in [2.75, 3.05) is 0 Å². The Bertz CT molecular complexity index is 912. The van der Waals surface area contributed by atoms with Gasteiger partial charge in [-0.1, -0.05) is 13.5 Å². The molecule has 0 rings (SSSR count). The second kappa shape index (κ2) is 9.15. The molecule has 226 valence electrons. The van der Waals surface area contributed by atoms with Gasteiger partial charge in [0.05, 0.1) is 0 Å². The zero-order valence-corrected chi connectivity index (χ0v) is 17.2. The first-order valence-electron chi connectivity index (χ1n) is 8.50. The third kappa shape index (κ3) is 4.49. The number of carbonyl (C=O) groups excluding carboxylic acids is 1. The first kappa shape index (κ1) is 35.7. The Balaban J connectivity index is 7.02. The molecule has 0 radical (unpaired) electrons. The summed E-state index contributed by atoms with van der Waals surface area (Å²) in [6.45, 7) is 3.31. The highest BCUT2D eigenvalue weighted by atomic mass is 19.4. The first-order valence-corrected chi connectivity index (χ1v) is 8.50. The topological polar surface area (TPSA) is 26.3 Å². The summed E-state index contributed by atoms with van der Waals surface area (Å²) in [5.41, 5.74) is -1.33. The maximum atomic E-state index is 13.6. The molecular weight excluding hydrogens is 611 g/mol. The van der Waals surface area contributed by atoms with Crippen molar-refractivity contribution >= 4 is 5.97 Å². The lowest BCUT2D eigenvalue weighted by atomic mass is 9.87. The monoisotopic (exact) mass is 618 g/mol. The van der Waals surface area contributed by atoms with Crippen LogP contribution in [-0.2, 0) is 9.53 Å². The summed E-state index contributed by atoms with van der Waals surface area (Å²) in [6, 6.07) is 0. The molecule has 0 aromatic heterocycles. The number of hydrogen-bond acceptors (Lipinski definition) is 2. The highest BCUT2D eigenvalue weighted by Gasteiger charge is 2.98. The normalized spacial score (nSPS) is 15.9. The van der Waals surface area contributed by atoms with E-state index in [0.29, 0.717) is 0 Å². The summed E-state index contributed by atoms with van der Waals surface area (Å²) >= 11 is 0. The quantitative estimate of drug-likeness (QED) is 0.135. The Morgan fingerprint density at radius 3 is 0.974 bits per heavy atom. The molecule has 38 heavy (non-hydrogen) atoms. The second-order valence-electron chi connectivity index (χ2n) is 6.96. The van der Waals surface area contributed by atoms with Crippen molar-refractivity contribution in [2.45, 2.75) is 73.0 Å². The Labute approximate surface area is 194 Å². The van der Waals surface area contributed by atoms with Gasteiger partial charge in [-0.2, -0.15) is 92.2 Å². The third-order valence-electron chi connectivity index (χ3n) is 4.42. The lowest BCUT2D eigenvalue weighted by Crippen LogP contribution is -2.77. The van der Waals surface area contributed by atoms with Gasteiger partial charge in [0, 0.05) is 5.57 Å². The van der Waals surface area contributed by atoms with Crippen LogP contribution in [-0.4, -0.2) is 65.6 Å². The van der Waals surface area contributed by atoms with Crippen LogP contribution < -0.4 is 0 Å². The van der Waals surface area contributed by atoms with E-state index in [0.717, 1.165) is 6.92 Å². The van der Waals surface area contributed by atoms with Crippen LogP contribution in [0.15, 0.2) is 12.2 Å². The minimum atomic E-state index is -9.26. The molecule has 2 nitrogen and oxygen atoms in total. The van der Waals surface area contributed by atoms with Gasteiger partial charge in [-0.3, -0.25) is 0 Å². The fraction of sp³-hybridized carbons (Fsp3) is 0.800. The fourth-order valence-electron chi connectivity index (χ4n) is 1.94. The lowest BCUT2D eigenvalue weighted by Gasteiger charge is -2.44. The summed E-state index contributed by atoms with van der Waals surface area (Å²) in [5, 5.41) is 0. The van der Waals surface area contributed by atoms with E-state index in [-0.39, 0.29) is 0 Å². The van der Waals surface area contributed by atoms with Crippen LogP contribution >= 0.6 is 0 Å². The van der Waals surface area contributed by atoms with Crippen molar-refractivity contribution in [1.29, 1.82) is 0 Å². The van der Waals surface area contributed by atoms with E-state index in [1.165, 1.54) is 0 Å². The van der Waals surface area contributed by atoms with Crippen LogP contribution in [0.1, 0.15) is 13.3 Å². The highest BCUT2D eigenvalue weighted by Crippen LogP contribution is 2.66. The number of alkyl halides is 21. The van der Waals surface area contributed by atoms with Gasteiger partial charge in [-0.15, -0.1) is 0 Å². The Morgan fingerprint density at radius 2 is 0.737 bits per heavy atom. The van der Waals surface area contributed by atoms with E-state index in [2.05, 4.69) is 11.3 Å². The molecule has 0 spiro atoms. The second-order valence-corrected chi connectivity index (χ2v) is 6.96. The lowest BCUT2D eigenvalue weighted by molar-refractivity contribution is -0.482. The summed E-state index contributed by atoms with van der Waals surface area (Å²) in [7, 11) is 0. The predicted octanol–water partition coefficient (Wildman–Crippen LogP) is 7.73. The molecule has 0 aliphatic carbocycles. The molecule has 0 N–H and O–H groups in total. The average molecular weight is 618 g/mol. The van der Waals surface area contributed by atoms with Gasteiger partial charge >= 0.3 is 65.6 Å².